The molecule has 0 bridgehead atoms. The molecule has 17 heavy (non-hydrogen) atoms. The van der Waals surface area contributed by atoms with E-state index in [1.165, 1.54) is 30.4 Å². The standard InChI is InChI=1S/C14H20BrNO/c1-17-10-11-5-6-12(9-13(11)15)14(16)7-3-2-4-8-14/h5-6,9H,2-4,7-8,10,16H2,1H3. The fraction of sp³-hybridized carbons (Fsp3) is 0.571. The highest BCUT2D eigenvalue weighted by Gasteiger charge is 2.29. The molecule has 2 rings (SSSR count). The molecule has 1 saturated carbocycles. The van der Waals surface area contributed by atoms with E-state index in [1.54, 1.807) is 7.11 Å². The summed E-state index contributed by atoms with van der Waals surface area (Å²) in [4.78, 5) is 0. The molecule has 1 aromatic rings. The minimum Gasteiger partial charge on any atom is -0.380 e. The van der Waals surface area contributed by atoms with Gasteiger partial charge in [-0.1, -0.05) is 47.3 Å². The lowest BCUT2D eigenvalue weighted by molar-refractivity contribution is 0.184. The van der Waals surface area contributed by atoms with Crippen LogP contribution < -0.4 is 5.73 Å². The maximum atomic E-state index is 6.52. The van der Waals surface area contributed by atoms with Crippen LogP contribution in [0, 0.1) is 0 Å². The molecule has 0 spiro atoms. The molecule has 0 atom stereocenters. The Balaban J connectivity index is 2.24. The average molecular weight is 298 g/mol. The second-order valence-corrected chi connectivity index (χ2v) is 5.81. The first-order chi connectivity index (χ1) is 8.15. The van der Waals surface area contributed by atoms with E-state index in [4.69, 9.17) is 10.5 Å². The van der Waals surface area contributed by atoms with Crippen molar-refractivity contribution in [3.8, 4) is 0 Å². The molecule has 1 aromatic carbocycles. The quantitative estimate of drug-likeness (QED) is 0.923. The zero-order valence-electron chi connectivity index (χ0n) is 10.3. The van der Waals surface area contributed by atoms with Crippen LogP contribution in [0.3, 0.4) is 0 Å². The Bertz CT molecular complexity index is 386. The van der Waals surface area contributed by atoms with Crippen molar-refractivity contribution in [3.05, 3.63) is 33.8 Å². The van der Waals surface area contributed by atoms with Crippen molar-refractivity contribution in [1.29, 1.82) is 0 Å². The Labute approximate surface area is 112 Å². The number of halogens is 1. The van der Waals surface area contributed by atoms with E-state index in [2.05, 4.69) is 34.1 Å². The van der Waals surface area contributed by atoms with Crippen LogP contribution in [0.1, 0.15) is 43.2 Å². The van der Waals surface area contributed by atoms with E-state index >= 15 is 0 Å². The summed E-state index contributed by atoms with van der Waals surface area (Å²) < 4.78 is 6.26. The monoisotopic (exact) mass is 297 g/mol. The van der Waals surface area contributed by atoms with Gasteiger partial charge in [0, 0.05) is 17.1 Å². The van der Waals surface area contributed by atoms with Gasteiger partial charge in [-0.2, -0.15) is 0 Å². The van der Waals surface area contributed by atoms with E-state index < -0.39 is 0 Å². The molecular weight excluding hydrogens is 278 g/mol. The van der Waals surface area contributed by atoms with E-state index in [0.29, 0.717) is 6.61 Å². The molecule has 0 aromatic heterocycles. The third-order valence-corrected chi connectivity index (χ3v) is 4.41. The normalized spacial score (nSPS) is 19.2. The van der Waals surface area contributed by atoms with Gasteiger partial charge in [0.05, 0.1) is 6.61 Å². The van der Waals surface area contributed by atoms with Crippen molar-refractivity contribution in [1.82, 2.24) is 0 Å². The smallest absolute Gasteiger partial charge is 0.0724 e. The lowest BCUT2D eigenvalue weighted by Gasteiger charge is -2.34. The van der Waals surface area contributed by atoms with Gasteiger partial charge in [-0.3, -0.25) is 0 Å². The van der Waals surface area contributed by atoms with E-state index in [-0.39, 0.29) is 5.54 Å². The summed E-state index contributed by atoms with van der Waals surface area (Å²) in [6.45, 7) is 0.637. The van der Waals surface area contributed by atoms with E-state index in [0.717, 1.165) is 17.3 Å². The molecule has 1 aliphatic carbocycles. The number of benzene rings is 1. The number of rotatable bonds is 3. The van der Waals surface area contributed by atoms with Gasteiger partial charge < -0.3 is 10.5 Å². The number of hydrogen-bond donors (Lipinski definition) is 1. The number of hydrogen-bond acceptors (Lipinski definition) is 2. The zero-order chi connectivity index (χ0) is 12.3. The van der Waals surface area contributed by atoms with E-state index in [9.17, 15) is 0 Å². The molecule has 2 nitrogen and oxygen atoms in total. The van der Waals surface area contributed by atoms with Crippen LogP contribution in [0.5, 0.6) is 0 Å². The second kappa shape index (κ2) is 5.51. The lowest BCUT2D eigenvalue weighted by Crippen LogP contribution is -2.38. The highest BCUT2D eigenvalue weighted by Crippen LogP contribution is 2.36. The predicted octanol–water partition coefficient (Wildman–Crippen LogP) is 3.71. The summed E-state index contributed by atoms with van der Waals surface area (Å²) in [5, 5.41) is 0. The summed E-state index contributed by atoms with van der Waals surface area (Å²) >= 11 is 3.60. The molecule has 2 N–H and O–H groups in total. The summed E-state index contributed by atoms with van der Waals surface area (Å²) in [7, 11) is 1.71. The highest BCUT2D eigenvalue weighted by molar-refractivity contribution is 9.10. The van der Waals surface area contributed by atoms with Crippen LogP contribution >= 0.6 is 15.9 Å². The van der Waals surface area contributed by atoms with Gasteiger partial charge in [-0.05, 0) is 30.0 Å². The summed E-state index contributed by atoms with van der Waals surface area (Å²) in [6, 6.07) is 6.44. The maximum absolute atomic E-state index is 6.52. The molecule has 0 saturated heterocycles. The molecule has 3 heteroatoms. The zero-order valence-corrected chi connectivity index (χ0v) is 11.9. The van der Waals surface area contributed by atoms with Crippen molar-refractivity contribution >= 4 is 15.9 Å². The lowest BCUT2D eigenvalue weighted by atomic mass is 9.77. The van der Waals surface area contributed by atoms with Gasteiger partial charge in [0.25, 0.3) is 0 Å². The van der Waals surface area contributed by atoms with Crippen LogP contribution in [0.4, 0.5) is 0 Å². The van der Waals surface area contributed by atoms with Gasteiger partial charge in [0.15, 0.2) is 0 Å². The van der Waals surface area contributed by atoms with Crippen LogP contribution in [0.2, 0.25) is 0 Å². The molecule has 0 unspecified atom stereocenters. The van der Waals surface area contributed by atoms with Gasteiger partial charge in [0.1, 0.15) is 0 Å². The molecule has 94 valence electrons. The van der Waals surface area contributed by atoms with Crippen LogP contribution in [-0.2, 0) is 16.9 Å². The first-order valence-electron chi connectivity index (χ1n) is 6.22. The third kappa shape index (κ3) is 2.90. The van der Waals surface area contributed by atoms with Crippen molar-refractivity contribution in [3.63, 3.8) is 0 Å². The summed E-state index contributed by atoms with van der Waals surface area (Å²) in [5.74, 6) is 0. The summed E-state index contributed by atoms with van der Waals surface area (Å²) in [6.07, 6.45) is 6.01. The fourth-order valence-electron chi connectivity index (χ4n) is 2.60. The van der Waals surface area contributed by atoms with Gasteiger partial charge >= 0.3 is 0 Å². The number of nitrogens with two attached hydrogens (primary N) is 1. The average Bonchev–Trinajstić information content (AvgIpc) is 2.33. The molecule has 1 aliphatic rings. The Hall–Kier alpha value is -0.380. The van der Waals surface area contributed by atoms with Crippen LogP contribution in [0.15, 0.2) is 22.7 Å². The minimum absolute atomic E-state index is 0.119. The molecule has 0 aliphatic heterocycles. The second-order valence-electron chi connectivity index (χ2n) is 4.96. The predicted molar refractivity (Wildman–Crippen MR) is 73.8 cm³/mol. The molecule has 0 heterocycles. The Morgan fingerprint density at radius 3 is 2.59 bits per heavy atom. The molecule has 1 fully saturated rings. The third-order valence-electron chi connectivity index (χ3n) is 3.67. The van der Waals surface area contributed by atoms with Gasteiger partial charge in [-0.25, -0.2) is 0 Å². The largest absolute Gasteiger partial charge is 0.380 e. The maximum Gasteiger partial charge on any atom is 0.0724 e. The Kier molecular flexibility index (Phi) is 4.23. The van der Waals surface area contributed by atoms with E-state index in [1.807, 2.05) is 0 Å². The summed E-state index contributed by atoms with van der Waals surface area (Å²) in [5.41, 5.74) is 8.83. The number of methoxy groups -OCH3 is 1. The Morgan fingerprint density at radius 2 is 2.00 bits per heavy atom. The highest BCUT2D eigenvalue weighted by atomic mass is 79.9. The van der Waals surface area contributed by atoms with Crippen LogP contribution in [-0.4, -0.2) is 7.11 Å². The molecule has 0 amide bonds. The fourth-order valence-corrected chi connectivity index (χ4v) is 3.09. The Morgan fingerprint density at radius 1 is 1.29 bits per heavy atom. The minimum atomic E-state index is -0.119. The van der Waals surface area contributed by atoms with Crippen molar-refractivity contribution in [2.45, 2.75) is 44.2 Å². The van der Waals surface area contributed by atoms with Gasteiger partial charge in [0.2, 0.25) is 0 Å². The first-order valence-corrected chi connectivity index (χ1v) is 7.02. The van der Waals surface area contributed by atoms with Gasteiger partial charge in [-0.15, -0.1) is 0 Å². The molecule has 0 radical (unpaired) electrons. The SMILES string of the molecule is COCc1ccc(C2(N)CCCCC2)cc1Br. The number of ether oxygens (including phenoxy) is 1. The topological polar surface area (TPSA) is 35.2 Å². The first kappa shape index (κ1) is 13.1. The van der Waals surface area contributed by atoms with Crippen molar-refractivity contribution < 1.29 is 4.74 Å². The molecular formula is C14H20BrNO. The van der Waals surface area contributed by atoms with Crippen LogP contribution in [0.25, 0.3) is 0 Å². The van der Waals surface area contributed by atoms with Crippen molar-refractivity contribution in [2.75, 3.05) is 7.11 Å². The van der Waals surface area contributed by atoms with Crippen molar-refractivity contribution in [2.24, 2.45) is 5.73 Å².